The summed E-state index contributed by atoms with van der Waals surface area (Å²) in [6, 6.07) is 7.57. The van der Waals surface area contributed by atoms with E-state index in [1.807, 2.05) is 36.1 Å². The molecule has 0 spiro atoms. The maximum Gasteiger partial charge on any atom is 0.317 e. The largest absolute Gasteiger partial charge is 0.383 e. The molecule has 1 aliphatic rings. The van der Waals surface area contributed by atoms with E-state index in [2.05, 4.69) is 10.3 Å². The SMILES string of the molecule is CCn1c(=O)c(N2CCN(C(=O)NCCOC)CC2)nc2ccccc21. The smallest absolute Gasteiger partial charge is 0.317 e. The number of hydrogen-bond donors (Lipinski definition) is 1. The molecule has 1 fully saturated rings. The number of para-hydroxylation sites is 2. The van der Waals surface area contributed by atoms with Crippen LogP contribution in [0.5, 0.6) is 0 Å². The third-order valence-electron chi connectivity index (χ3n) is 4.60. The van der Waals surface area contributed by atoms with Gasteiger partial charge in [-0.15, -0.1) is 0 Å². The number of nitrogens with one attached hydrogen (secondary N) is 1. The fourth-order valence-electron chi connectivity index (χ4n) is 3.19. The van der Waals surface area contributed by atoms with Gasteiger partial charge in [0.05, 0.1) is 17.6 Å². The first kappa shape index (κ1) is 18.2. The molecule has 0 saturated carbocycles. The molecule has 2 aromatic rings. The number of nitrogens with zero attached hydrogens (tertiary/aromatic N) is 4. The van der Waals surface area contributed by atoms with E-state index < -0.39 is 0 Å². The van der Waals surface area contributed by atoms with Crippen LogP contribution in [0, 0.1) is 0 Å². The van der Waals surface area contributed by atoms with Crippen molar-refractivity contribution in [3.63, 3.8) is 0 Å². The zero-order chi connectivity index (χ0) is 18.5. The van der Waals surface area contributed by atoms with Crippen LogP contribution in [-0.2, 0) is 11.3 Å². The number of ether oxygens (including phenoxy) is 1. The Labute approximate surface area is 152 Å². The Morgan fingerprint density at radius 1 is 1.23 bits per heavy atom. The van der Waals surface area contributed by atoms with E-state index in [1.165, 1.54) is 0 Å². The molecule has 26 heavy (non-hydrogen) atoms. The van der Waals surface area contributed by atoms with Crippen molar-refractivity contribution >= 4 is 22.9 Å². The summed E-state index contributed by atoms with van der Waals surface area (Å²) >= 11 is 0. The lowest BCUT2D eigenvalue weighted by Gasteiger charge is -2.35. The Hall–Kier alpha value is -2.61. The van der Waals surface area contributed by atoms with Crippen LogP contribution in [0.25, 0.3) is 11.0 Å². The number of anilines is 1. The molecule has 0 bridgehead atoms. The van der Waals surface area contributed by atoms with Gasteiger partial charge in [0.25, 0.3) is 5.56 Å². The van der Waals surface area contributed by atoms with Gasteiger partial charge in [-0.3, -0.25) is 4.79 Å². The monoisotopic (exact) mass is 359 g/mol. The Balaban J connectivity index is 1.74. The van der Waals surface area contributed by atoms with Gasteiger partial charge in [0.2, 0.25) is 0 Å². The van der Waals surface area contributed by atoms with Crippen LogP contribution < -0.4 is 15.8 Å². The summed E-state index contributed by atoms with van der Waals surface area (Å²) in [5.41, 5.74) is 1.58. The minimum absolute atomic E-state index is 0.0794. The molecule has 8 heteroatoms. The number of benzene rings is 1. The van der Waals surface area contributed by atoms with Crippen molar-refractivity contribution in [1.82, 2.24) is 19.8 Å². The van der Waals surface area contributed by atoms with E-state index in [-0.39, 0.29) is 11.6 Å². The van der Waals surface area contributed by atoms with Crippen molar-refractivity contribution < 1.29 is 9.53 Å². The topological polar surface area (TPSA) is 79.7 Å². The molecule has 1 aliphatic heterocycles. The van der Waals surface area contributed by atoms with Crippen LogP contribution >= 0.6 is 0 Å². The van der Waals surface area contributed by atoms with Crippen LogP contribution in [0.2, 0.25) is 0 Å². The number of fused-ring (bicyclic) bond motifs is 1. The lowest BCUT2D eigenvalue weighted by molar-refractivity contribution is 0.177. The molecule has 0 unspecified atom stereocenters. The zero-order valence-corrected chi connectivity index (χ0v) is 15.3. The predicted octanol–water partition coefficient (Wildman–Crippen LogP) is 0.894. The molecule has 0 atom stereocenters. The number of carbonyl (C=O) groups excluding carboxylic acids is 1. The Morgan fingerprint density at radius 2 is 1.96 bits per heavy atom. The average Bonchev–Trinajstić information content (AvgIpc) is 2.68. The number of rotatable bonds is 5. The highest BCUT2D eigenvalue weighted by Gasteiger charge is 2.24. The highest BCUT2D eigenvalue weighted by Crippen LogP contribution is 2.16. The fraction of sp³-hybridized carbons (Fsp3) is 0.500. The van der Waals surface area contributed by atoms with E-state index in [1.54, 1.807) is 16.6 Å². The second-order valence-corrected chi connectivity index (χ2v) is 6.17. The maximum atomic E-state index is 12.9. The maximum absolute atomic E-state index is 12.9. The number of methoxy groups -OCH3 is 1. The van der Waals surface area contributed by atoms with Crippen molar-refractivity contribution in [3.05, 3.63) is 34.6 Å². The van der Waals surface area contributed by atoms with Crippen LogP contribution in [0.3, 0.4) is 0 Å². The summed E-state index contributed by atoms with van der Waals surface area (Å²) in [6.07, 6.45) is 0. The third-order valence-corrected chi connectivity index (χ3v) is 4.60. The van der Waals surface area contributed by atoms with Gasteiger partial charge in [0.1, 0.15) is 0 Å². The fourth-order valence-corrected chi connectivity index (χ4v) is 3.19. The van der Waals surface area contributed by atoms with Gasteiger partial charge < -0.3 is 24.4 Å². The average molecular weight is 359 g/mol. The molecule has 1 aromatic heterocycles. The zero-order valence-electron chi connectivity index (χ0n) is 15.3. The van der Waals surface area contributed by atoms with Crippen molar-refractivity contribution in [2.24, 2.45) is 0 Å². The predicted molar refractivity (Wildman–Crippen MR) is 101 cm³/mol. The molecule has 8 nitrogen and oxygen atoms in total. The number of carbonyl (C=O) groups is 1. The molecule has 2 heterocycles. The molecule has 1 saturated heterocycles. The Bertz CT molecular complexity index is 827. The lowest BCUT2D eigenvalue weighted by Crippen LogP contribution is -2.53. The number of urea groups is 1. The second-order valence-electron chi connectivity index (χ2n) is 6.17. The van der Waals surface area contributed by atoms with E-state index in [0.29, 0.717) is 51.7 Å². The molecule has 0 aliphatic carbocycles. The minimum Gasteiger partial charge on any atom is -0.383 e. The van der Waals surface area contributed by atoms with Gasteiger partial charge in [-0.25, -0.2) is 9.78 Å². The number of piperazine rings is 1. The van der Waals surface area contributed by atoms with Crippen LogP contribution in [0.1, 0.15) is 6.92 Å². The summed E-state index contributed by atoms with van der Waals surface area (Å²) in [4.78, 5) is 33.3. The molecule has 1 aromatic carbocycles. The highest BCUT2D eigenvalue weighted by molar-refractivity contribution is 5.77. The van der Waals surface area contributed by atoms with Gasteiger partial charge in [-0.05, 0) is 19.1 Å². The summed E-state index contributed by atoms with van der Waals surface area (Å²) < 4.78 is 6.69. The first-order chi connectivity index (χ1) is 12.7. The van der Waals surface area contributed by atoms with Crippen molar-refractivity contribution in [3.8, 4) is 0 Å². The number of aromatic nitrogens is 2. The van der Waals surface area contributed by atoms with Gasteiger partial charge in [-0.1, -0.05) is 12.1 Å². The van der Waals surface area contributed by atoms with Crippen molar-refractivity contribution in [1.29, 1.82) is 0 Å². The van der Waals surface area contributed by atoms with Gasteiger partial charge in [-0.2, -0.15) is 0 Å². The van der Waals surface area contributed by atoms with E-state index in [9.17, 15) is 9.59 Å². The van der Waals surface area contributed by atoms with Crippen LogP contribution in [0.4, 0.5) is 10.6 Å². The molecule has 3 rings (SSSR count). The third kappa shape index (κ3) is 3.65. The van der Waals surface area contributed by atoms with Crippen molar-refractivity contribution in [2.75, 3.05) is 51.3 Å². The molecule has 140 valence electrons. The standard InChI is InChI=1S/C18H25N5O3/c1-3-23-15-7-5-4-6-14(15)20-16(17(23)24)21-9-11-22(12-10-21)18(25)19-8-13-26-2/h4-7H,3,8-13H2,1-2H3,(H,19,25). The number of hydrogen-bond acceptors (Lipinski definition) is 5. The van der Waals surface area contributed by atoms with Crippen LogP contribution in [-0.4, -0.2) is 66.9 Å². The van der Waals surface area contributed by atoms with E-state index in [0.717, 1.165) is 11.0 Å². The Kier molecular flexibility index (Phi) is 5.72. The summed E-state index contributed by atoms with van der Waals surface area (Å²) in [5, 5.41) is 2.82. The Morgan fingerprint density at radius 3 is 2.65 bits per heavy atom. The van der Waals surface area contributed by atoms with E-state index in [4.69, 9.17) is 4.74 Å². The summed E-state index contributed by atoms with van der Waals surface area (Å²) in [5.74, 6) is 0.463. The summed E-state index contributed by atoms with van der Waals surface area (Å²) in [6.45, 7) is 5.81. The van der Waals surface area contributed by atoms with Gasteiger partial charge in [0, 0.05) is 46.4 Å². The molecule has 0 radical (unpaired) electrons. The molecule has 1 N–H and O–H groups in total. The number of amides is 2. The number of aryl methyl sites for hydroxylation is 1. The van der Waals surface area contributed by atoms with Gasteiger partial charge >= 0.3 is 6.03 Å². The van der Waals surface area contributed by atoms with Crippen molar-refractivity contribution in [2.45, 2.75) is 13.5 Å². The first-order valence-electron chi connectivity index (χ1n) is 8.92. The van der Waals surface area contributed by atoms with Gasteiger partial charge in [0.15, 0.2) is 5.82 Å². The minimum atomic E-state index is -0.0980. The summed E-state index contributed by atoms with van der Waals surface area (Å²) in [7, 11) is 1.60. The molecular formula is C18H25N5O3. The second kappa shape index (κ2) is 8.18. The van der Waals surface area contributed by atoms with E-state index >= 15 is 0 Å². The lowest BCUT2D eigenvalue weighted by atomic mass is 10.2. The normalized spacial score (nSPS) is 14.7. The highest BCUT2D eigenvalue weighted by atomic mass is 16.5. The quantitative estimate of drug-likeness (QED) is 0.802. The van der Waals surface area contributed by atoms with Crippen LogP contribution in [0.15, 0.2) is 29.1 Å². The molecule has 2 amide bonds. The molecular weight excluding hydrogens is 334 g/mol. The first-order valence-corrected chi connectivity index (χ1v) is 8.92.